The Morgan fingerprint density at radius 3 is 2.74 bits per heavy atom. The van der Waals surface area contributed by atoms with Crippen molar-refractivity contribution in [2.75, 3.05) is 19.6 Å². The monoisotopic (exact) mass is 383 g/mol. The average Bonchev–Trinajstić information content (AvgIpc) is 3.38. The highest BCUT2D eigenvalue weighted by atomic mass is 32.2. The Morgan fingerprint density at radius 2 is 2.00 bits per heavy atom. The van der Waals surface area contributed by atoms with Crippen molar-refractivity contribution < 1.29 is 13.2 Å². The lowest BCUT2D eigenvalue weighted by atomic mass is 9.88. The molecule has 3 aliphatic rings. The number of amides is 1. The fourth-order valence-corrected chi connectivity index (χ4v) is 6.57. The molecule has 0 radical (unpaired) electrons. The van der Waals surface area contributed by atoms with Gasteiger partial charge in [-0.05, 0) is 48.9 Å². The Hall–Kier alpha value is -2.25. The Kier molecular flexibility index (Phi) is 3.67. The number of sulfonamides is 1. The van der Waals surface area contributed by atoms with Gasteiger partial charge in [0.2, 0.25) is 10.0 Å². The smallest absolute Gasteiger partial charge is 0.255 e. The highest BCUT2D eigenvalue weighted by Crippen LogP contribution is 2.51. The predicted octanol–water partition coefficient (Wildman–Crippen LogP) is 2.24. The van der Waals surface area contributed by atoms with E-state index >= 15 is 0 Å². The largest absolute Gasteiger partial charge is 0.336 e. The van der Waals surface area contributed by atoms with E-state index in [1.54, 1.807) is 45.9 Å². The minimum Gasteiger partial charge on any atom is -0.336 e. The fourth-order valence-electron chi connectivity index (χ4n) is 4.43. The first kappa shape index (κ1) is 16.9. The summed E-state index contributed by atoms with van der Waals surface area (Å²) in [6.07, 6.45) is 5.99. The lowest BCUT2D eigenvalue weighted by Gasteiger charge is -2.34. The first-order valence-electron chi connectivity index (χ1n) is 9.34. The molecule has 1 atom stereocenters. The molecular weight excluding hydrogens is 362 g/mol. The fraction of sp³-hybridized carbons (Fsp3) is 0.400. The third-order valence-corrected chi connectivity index (χ3v) is 7.99. The summed E-state index contributed by atoms with van der Waals surface area (Å²) in [5, 5.41) is 0. The average molecular weight is 383 g/mol. The van der Waals surface area contributed by atoms with Crippen LogP contribution < -0.4 is 0 Å². The van der Waals surface area contributed by atoms with Gasteiger partial charge in [-0.25, -0.2) is 8.42 Å². The molecule has 2 aliphatic heterocycles. The van der Waals surface area contributed by atoms with E-state index in [2.05, 4.69) is 4.98 Å². The molecule has 1 saturated carbocycles. The van der Waals surface area contributed by atoms with Crippen LogP contribution in [0.5, 0.6) is 0 Å². The van der Waals surface area contributed by atoms with Crippen LogP contribution in [0.1, 0.15) is 35.2 Å². The normalized spacial score (nSPS) is 26.4. The summed E-state index contributed by atoms with van der Waals surface area (Å²) < 4.78 is 28.2. The van der Waals surface area contributed by atoms with Crippen molar-refractivity contribution in [3.8, 4) is 0 Å². The Labute approximate surface area is 158 Å². The van der Waals surface area contributed by atoms with E-state index < -0.39 is 15.6 Å². The van der Waals surface area contributed by atoms with E-state index in [0.717, 1.165) is 18.4 Å². The molecule has 1 spiro atoms. The van der Waals surface area contributed by atoms with Gasteiger partial charge in [-0.3, -0.25) is 9.78 Å². The van der Waals surface area contributed by atoms with E-state index in [-0.39, 0.29) is 5.91 Å². The molecule has 0 unspecified atom stereocenters. The summed E-state index contributed by atoms with van der Waals surface area (Å²) in [7, 11) is -3.52. The van der Waals surface area contributed by atoms with Gasteiger partial charge in [-0.15, -0.1) is 0 Å². The number of carbonyl (C=O) groups is 1. The Bertz CT molecular complexity index is 1000. The number of nitrogens with zero attached hydrogens (tertiary/aromatic N) is 3. The standard InChI is InChI=1S/C20H21N3O3S/c24-19(16-4-3-10-21-12-16)22-11-9-20(14-22)17-5-1-2-6-18(17)27(25,26)23(20)13-15-7-8-15/h1-6,10,12,15H,7-9,11,13-14H2/t20-/m0/s1. The predicted molar refractivity (Wildman–Crippen MR) is 99.5 cm³/mol. The molecule has 140 valence electrons. The molecule has 7 heteroatoms. The molecule has 2 aromatic rings. The molecule has 1 saturated heterocycles. The SMILES string of the molecule is O=C(c1cccnc1)N1CC[C@]2(C1)c1ccccc1S(=O)(=O)N2CC1CC1. The maximum absolute atomic E-state index is 13.3. The third kappa shape index (κ3) is 2.52. The van der Waals surface area contributed by atoms with Crippen molar-refractivity contribution in [3.05, 3.63) is 59.9 Å². The van der Waals surface area contributed by atoms with Crippen LogP contribution in [-0.4, -0.2) is 48.1 Å². The molecule has 1 amide bonds. The van der Waals surface area contributed by atoms with Gasteiger partial charge in [0.1, 0.15) is 0 Å². The summed E-state index contributed by atoms with van der Waals surface area (Å²) in [6.45, 7) is 1.48. The number of likely N-dealkylation sites (tertiary alicyclic amines) is 1. The lowest BCUT2D eigenvalue weighted by molar-refractivity contribution is 0.0763. The molecule has 5 rings (SSSR count). The Morgan fingerprint density at radius 1 is 1.19 bits per heavy atom. The minimum atomic E-state index is -3.52. The quantitative estimate of drug-likeness (QED) is 0.815. The van der Waals surface area contributed by atoms with Gasteiger partial charge in [0.25, 0.3) is 5.91 Å². The van der Waals surface area contributed by atoms with E-state index in [0.29, 0.717) is 42.4 Å². The summed E-state index contributed by atoms with van der Waals surface area (Å²) in [5.74, 6) is 0.349. The Balaban J connectivity index is 1.54. The second-order valence-electron chi connectivity index (χ2n) is 7.73. The number of carbonyl (C=O) groups excluding carboxylic acids is 1. The number of benzene rings is 1. The molecule has 0 bridgehead atoms. The van der Waals surface area contributed by atoms with Crippen LogP contribution in [0.25, 0.3) is 0 Å². The van der Waals surface area contributed by atoms with Gasteiger partial charge < -0.3 is 4.90 Å². The van der Waals surface area contributed by atoms with Crippen LogP contribution in [0, 0.1) is 5.92 Å². The number of rotatable bonds is 3. The van der Waals surface area contributed by atoms with E-state index in [4.69, 9.17) is 0 Å². The zero-order chi connectivity index (χ0) is 18.6. The van der Waals surface area contributed by atoms with Crippen LogP contribution in [-0.2, 0) is 15.6 Å². The lowest BCUT2D eigenvalue weighted by Crippen LogP contribution is -2.47. The number of pyridine rings is 1. The number of aromatic nitrogens is 1. The van der Waals surface area contributed by atoms with Gasteiger partial charge in [0.15, 0.2) is 0 Å². The topological polar surface area (TPSA) is 70.6 Å². The number of hydrogen-bond donors (Lipinski definition) is 0. The summed E-state index contributed by atoms with van der Waals surface area (Å²) in [4.78, 5) is 19.1. The van der Waals surface area contributed by atoms with E-state index in [1.165, 1.54) is 0 Å². The summed E-state index contributed by atoms with van der Waals surface area (Å²) in [5.41, 5.74) is 0.736. The van der Waals surface area contributed by atoms with Gasteiger partial charge in [-0.2, -0.15) is 4.31 Å². The first-order chi connectivity index (χ1) is 13.0. The van der Waals surface area contributed by atoms with Gasteiger partial charge in [0, 0.05) is 32.0 Å². The molecule has 27 heavy (non-hydrogen) atoms. The number of hydrogen-bond acceptors (Lipinski definition) is 4. The van der Waals surface area contributed by atoms with Gasteiger partial charge >= 0.3 is 0 Å². The number of fused-ring (bicyclic) bond motifs is 2. The molecule has 1 aromatic carbocycles. The minimum absolute atomic E-state index is 0.0897. The third-order valence-electron chi connectivity index (χ3n) is 6.00. The molecule has 1 aliphatic carbocycles. The van der Waals surface area contributed by atoms with Crippen molar-refractivity contribution in [2.45, 2.75) is 29.7 Å². The molecule has 1 aromatic heterocycles. The molecule has 3 heterocycles. The highest BCUT2D eigenvalue weighted by molar-refractivity contribution is 7.89. The van der Waals surface area contributed by atoms with Gasteiger partial charge in [0.05, 0.1) is 16.0 Å². The van der Waals surface area contributed by atoms with E-state index in [1.807, 2.05) is 12.1 Å². The molecule has 0 N–H and O–H groups in total. The first-order valence-corrected chi connectivity index (χ1v) is 10.8. The zero-order valence-electron chi connectivity index (χ0n) is 14.9. The van der Waals surface area contributed by atoms with Crippen LogP contribution in [0.2, 0.25) is 0 Å². The maximum Gasteiger partial charge on any atom is 0.255 e. The maximum atomic E-state index is 13.3. The van der Waals surface area contributed by atoms with Gasteiger partial charge in [-0.1, -0.05) is 18.2 Å². The zero-order valence-corrected chi connectivity index (χ0v) is 15.7. The van der Waals surface area contributed by atoms with Crippen molar-refractivity contribution in [3.63, 3.8) is 0 Å². The second kappa shape index (κ2) is 5.87. The summed E-state index contributed by atoms with van der Waals surface area (Å²) in [6, 6.07) is 10.8. The van der Waals surface area contributed by atoms with Crippen molar-refractivity contribution in [1.82, 2.24) is 14.2 Å². The second-order valence-corrected chi connectivity index (χ2v) is 9.56. The molecule has 2 fully saturated rings. The summed E-state index contributed by atoms with van der Waals surface area (Å²) >= 11 is 0. The van der Waals surface area contributed by atoms with Crippen molar-refractivity contribution >= 4 is 15.9 Å². The molecular formula is C20H21N3O3S. The highest BCUT2D eigenvalue weighted by Gasteiger charge is 2.58. The van der Waals surface area contributed by atoms with E-state index in [9.17, 15) is 13.2 Å². The van der Waals surface area contributed by atoms with Crippen LogP contribution in [0.3, 0.4) is 0 Å². The van der Waals surface area contributed by atoms with Crippen LogP contribution in [0.15, 0.2) is 53.7 Å². The van der Waals surface area contributed by atoms with Crippen LogP contribution >= 0.6 is 0 Å². The van der Waals surface area contributed by atoms with Crippen LogP contribution in [0.4, 0.5) is 0 Å². The molecule has 6 nitrogen and oxygen atoms in total. The van der Waals surface area contributed by atoms with Crippen molar-refractivity contribution in [1.29, 1.82) is 0 Å². The van der Waals surface area contributed by atoms with Crippen molar-refractivity contribution in [2.24, 2.45) is 5.92 Å².